The zero-order valence-corrected chi connectivity index (χ0v) is 16.9. The zero-order chi connectivity index (χ0) is 23.4. The third kappa shape index (κ3) is 3.34. The number of amides is 1. The van der Waals surface area contributed by atoms with Gasteiger partial charge in [0.2, 0.25) is 0 Å². The first-order valence-electron chi connectivity index (χ1n) is 9.63. The number of benzene rings is 2. The molecule has 0 unspecified atom stereocenters. The van der Waals surface area contributed by atoms with Crippen LogP contribution in [0.5, 0.6) is 11.5 Å². The first-order valence-corrected chi connectivity index (χ1v) is 9.63. The van der Waals surface area contributed by atoms with Gasteiger partial charge in [-0.15, -0.1) is 0 Å². The van der Waals surface area contributed by atoms with E-state index in [1.165, 1.54) is 30.5 Å². The summed E-state index contributed by atoms with van der Waals surface area (Å²) in [5, 5.41) is 0. The van der Waals surface area contributed by atoms with E-state index in [1.807, 2.05) is 0 Å². The Bertz CT molecular complexity index is 1420. The van der Waals surface area contributed by atoms with Crippen LogP contribution in [0.1, 0.15) is 22.0 Å². The van der Waals surface area contributed by atoms with Gasteiger partial charge in [0.25, 0.3) is 5.91 Å². The van der Waals surface area contributed by atoms with Gasteiger partial charge in [0.15, 0.2) is 11.6 Å². The van der Waals surface area contributed by atoms with Crippen molar-refractivity contribution >= 4 is 28.3 Å². The third-order valence-corrected chi connectivity index (χ3v) is 5.52. The van der Waals surface area contributed by atoms with Gasteiger partial charge in [0.05, 0.1) is 35.2 Å². The fourth-order valence-corrected chi connectivity index (χ4v) is 3.89. The van der Waals surface area contributed by atoms with E-state index in [9.17, 15) is 22.4 Å². The molecule has 2 N–H and O–H groups in total. The number of ether oxygens (including phenoxy) is 2. The summed E-state index contributed by atoms with van der Waals surface area (Å²) in [7, 11) is 1.41. The summed E-state index contributed by atoms with van der Waals surface area (Å²) in [5.41, 5.74) is 7.02. The fraction of sp³-hybridized carbons (Fsp3) is 0.190. The monoisotopic (exact) mass is 461 g/mol. The van der Waals surface area contributed by atoms with Crippen molar-refractivity contribution < 1.29 is 31.8 Å². The molecule has 1 atom stereocenters. The van der Waals surface area contributed by atoms with Crippen LogP contribution in [0.15, 0.2) is 36.8 Å². The summed E-state index contributed by atoms with van der Waals surface area (Å²) in [4.78, 5) is 22.5. The number of carbonyl (C=O) groups is 1. The molecule has 1 aliphatic rings. The SMILES string of the molecule is CN(C(=O)c1cc2c(cc1F)nc(N)c1cncn12)[C@@H]1COc2cc(OC(F)F)c(F)cc21. The van der Waals surface area contributed by atoms with E-state index in [4.69, 9.17) is 10.5 Å². The van der Waals surface area contributed by atoms with Gasteiger partial charge in [0, 0.05) is 24.7 Å². The van der Waals surface area contributed by atoms with Gasteiger partial charge in [-0.3, -0.25) is 9.20 Å². The van der Waals surface area contributed by atoms with Crippen LogP contribution in [0.2, 0.25) is 0 Å². The second-order valence-corrected chi connectivity index (χ2v) is 7.41. The highest BCUT2D eigenvalue weighted by molar-refractivity contribution is 5.98. The van der Waals surface area contributed by atoms with Crippen LogP contribution in [0, 0.1) is 11.6 Å². The number of nitrogens with two attached hydrogens (primary N) is 1. The molecule has 0 bridgehead atoms. The van der Waals surface area contributed by atoms with Gasteiger partial charge in [-0.2, -0.15) is 8.78 Å². The summed E-state index contributed by atoms with van der Waals surface area (Å²) in [5.74, 6) is -2.97. The van der Waals surface area contributed by atoms with Gasteiger partial charge in [-0.05, 0) is 12.1 Å². The summed E-state index contributed by atoms with van der Waals surface area (Å²) in [6, 6.07) is 3.61. The Hall–Kier alpha value is -4.09. The number of nitrogens with zero attached hydrogens (tertiary/aromatic N) is 4. The Morgan fingerprint density at radius 3 is 2.79 bits per heavy atom. The Labute approximate surface area is 183 Å². The molecule has 12 heteroatoms. The van der Waals surface area contributed by atoms with E-state index in [-0.39, 0.29) is 34.8 Å². The van der Waals surface area contributed by atoms with Gasteiger partial charge in [-0.25, -0.2) is 18.7 Å². The third-order valence-electron chi connectivity index (χ3n) is 5.52. The van der Waals surface area contributed by atoms with Crippen molar-refractivity contribution in [1.29, 1.82) is 0 Å². The first kappa shape index (κ1) is 20.8. The summed E-state index contributed by atoms with van der Waals surface area (Å²) < 4.78 is 65.2. The quantitative estimate of drug-likeness (QED) is 0.467. The van der Waals surface area contributed by atoms with Crippen LogP contribution in [0.25, 0.3) is 16.6 Å². The molecule has 8 nitrogen and oxygen atoms in total. The van der Waals surface area contributed by atoms with Crippen molar-refractivity contribution in [2.75, 3.05) is 19.4 Å². The Kier molecular flexibility index (Phi) is 4.73. The van der Waals surface area contributed by atoms with Crippen molar-refractivity contribution in [3.05, 3.63) is 59.6 Å². The van der Waals surface area contributed by atoms with Crippen LogP contribution in [0.3, 0.4) is 0 Å². The van der Waals surface area contributed by atoms with Crippen molar-refractivity contribution in [2.45, 2.75) is 12.7 Å². The number of carbonyl (C=O) groups excluding carboxylic acids is 1. The number of nitrogen functional groups attached to an aromatic ring is 1. The molecule has 33 heavy (non-hydrogen) atoms. The lowest BCUT2D eigenvalue weighted by atomic mass is 10.0. The highest BCUT2D eigenvalue weighted by Crippen LogP contribution is 2.40. The number of fused-ring (bicyclic) bond motifs is 4. The number of anilines is 1. The van der Waals surface area contributed by atoms with Crippen LogP contribution in [0.4, 0.5) is 23.4 Å². The number of rotatable bonds is 4. The molecule has 4 aromatic rings. The summed E-state index contributed by atoms with van der Waals surface area (Å²) in [6.07, 6.45) is 2.96. The van der Waals surface area contributed by atoms with E-state index in [0.717, 1.165) is 18.2 Å². The number of aromatic nitrogens is 3. The number of likely N-dealkylation sites (N-methyl/N-ethyl adjacent to an activating group) is 1. The predicted octanol–water partition coefficient (Wildman–Crippen LogP) is 3.55. The molecule has 0 spiro atoms. The average molecular weight is 461 g/mol. The van der Waals surface area contributed by atoms with Crippen molar-refractivity contribution in [2.24, 2.45) is 0 Å². The maximum atomic E-state index is 14.9. The minimum Gasteiger partial charge on any atom is -0.491 e. The van der Waals surface area contributed by atoms with E-state index >= 15 is 0 Å². The molecule has 170 valence electrons. The van der Waals surface area contributed by atoms with Crippen molar-refractivity contribution in [1.82, 2.24) is 19.3 Å². The molecule has 0 aliphatic carbocycles. The molecule has 2 aromatic heterocycles. The molecular weight excluding hydrogens is 446 g/mol. The molecule has 0 saturated carbocycles. The maximum Gasteiger partial charge on any atom is 0.387 e. The van der Waals surface area contributed by atoms with Crippen molar-refractivity contribution in [3.8, 4) is 11.5 Å². The van der Waals surface area contributed by atoms with Crippen LogP contribution >= 0.6 is 0 Å². The molecule has 0 saturated heterocycles. The van der Waals surface area contributed by atoms with Crippen LogP contribution < -0.4 is 15.2 Å². The maximum absolute atomic E-state index is 14.9. The second-order valence-electron chi connectivity index (χ2n) is 7.41. The van der Waals surface area contributed by atoms with Gasteiger partial charge >= 0.3 is 6.61 Å². The van der Waals surface area contributed by atoms with E-state index in [2.05, 4.69) is 14.7 Å². The molecule has 1 amide bonds. The fourth-order valence-electron chi connectivity index (χ4n) is 3.89. The summed E-state index contributed by atoms with van der Waals surface area (Å²) in [6.45, 7) is -3.28. The Balaban J connectivity index is 1.52. The smallest absolute Gasteiger partial charge is 0.387 e. The largest absolute Gasteiger partial charge is 0.491 e. The lowest BCUT2D eigenvalue weighted by molar-refractivity contribution is -0.0522. The lowest BCUT2D eigenvalue weighted by Crippen LogP contribution is -2.32. The number of halogens is 4. The number of imidazole rings is 1. The number of hydrogen-bond acceptors (Lipinski definition) is 6. The predicted molar refractivity (Wildman–Crippen MR) is 108 cm³/mol. The van der Waals surface area contributed by atoms with E-state index in [0.29, 0.717) is 11.0 Å². The van der Waals surface area contributed by atoms with E-state index in [1.54, 1.807) is 4.40 Å². The molecular formula is C21H15F4N5O3. The summed E-state index contributed by atoms with van der Waals surface area (Å²) >= 11 is 0. The molecule has 3 heterocycles. The minimum absolute atomic E-state index is 0.0752. The van der Waals surface area contributed by atoms with Gasteiger partial charge in [0.1, 0.15) is 29.5 Å². The number of hydrogen-bond donors (Lipinski definition) is 1. The molecule has 0 fully saturated rings. The highest BCUT2D eigenvalue weighted by atomic mass is 19.3. The Morgan fingerprint density at radius 1 is 1.24 bits per heavy atom. The van der Waals surface area contributed by atoms with Gasteiger partial charge < -0.3 is 20.1 Å². The topological polar surface area (TPSA) is 95.0 Å². The zero-order valence-electron chi connectivity index (χ0n) is 16.9. The lowest BCUT2D eigenvalue weighted by Gasteiger charge is -2.24. The van der Waals surface area contributed by atoms with Gasteiger partial charge in [-0.1, -0.05) is 0 Å². The van der Waals surface area contributed by atoms with E-state index < -0.39 is 35.9 Å². The molecule has 1 aliphatic heterocycles. The molecule has 2 aromatic carbocycles. The first-order chi connectivity index (χ1) is 15.7. The average Bonchev–Trinajstić information content (AvgIpc) is 3.40. The van der Waals surface area contributed by atoms with Crippen molar-refractivity contribution in [3.63, 3.8) is 0 Å². The Morgan fingerprint density at radius 2 is 2.03 bits per heavy atom. The molecule has 5 rings (SSSR count). The molecule has 0 radical (unpaired) electrons. The minimum atomic E-state index is -3.21. The standard InChI is InChI=1S/C21H15F4N5O3/c1-29(16-7-32-17-5-18(33-21(24)25)12(23)2-10(16)17)20(31)9-3-14-13(4-11(9)22)28-19(26)15-6-27-8-30(14)15/h2-6,8,16,21H,7H2,1H3,(H2,26,28)/t16-/m1/s1. The normalized spacial score (nSPS) is 15.2. The highest BCUT2D eigenvalue weighted by Gasteiger charge is 2.34. The second kappa shape index (κ2) is 7.50. The van der Waals surface area contributed by atoms with Crippen LogP contribution in [-0.4, -0.2) is 45.4 Å². The van der Waals surface area contributed by atoms with Crippen LogP contribution in [-0.2, 0) is 0 Å². The number of alkyl halides is 2.